The van der Waals surface area contributed by atoms with Crippen LogP contribution in [0.15, 0.2) is 36.5 Å². The SMILES string of the molecule is CCCCCCCCC=CCCCCCCCCCCCCCC(=O)O.CCCCCCCCC=CCCCCCCCCCCCCCC(=O)O.CCCCCCCCC=CCCCCCCCCCCCCCC(=O)O.OCC(O)CO. The zero-order valence-corrected chi connectivity index (χ0v) is 56.3. The van der Waals surface area contributed by atoms with Gasteiger partial charge in [-0.15, -0.1) is 0 Å². The number of aliphatic hydroxyl groups is 3. The van der Waals surface area contributed by atoms with Crippen LogP contribution in [0.2, 0.25) is 0 Å². The van der Waals surface area contributed by atoms with Crippen molar-refractivity contribution in [2.75, 3.05) is 13.2 Å². The number of hydrogen-bond donors (Lipinski definition) is 6. The van der Waals surface area contributed by atoms with Crippen molar-refractivity contribution >= 4 is 17.9 Å². The Kier molecular flexibility index (Phi) is 88.7. The highest BCUT2D eigenvalue weighted by Gasteiger charge is 2.01. The van der Waals surface area contributed by atoms with Gasteiger partial charge in [0.2, 0.25) is 0 Å². The van der Waals surface area contributed by atoms with E-state index in [1.54, 1.807) is 0 Å². The van der Waals surface area contributed by atoms with Gasteiger partial charge in [0, 0.05) is 19.3 Å². The highest BCUT2D eigenvalue weighted by atomic mass is 16.4. The molecule has 84 heavy (non-hydrogen) atoms. The second-order valence-electron chi connectivity index (χ2n) is 24.6. The van der Waals surface area contributed by atoms with Crippen LogP contribution in [0.25, 0.3) is 0 Å². The van der Waals surface area contributed by atoms with Crippen molar-refractivity contribution in [3.8, 4) is 0 Å². The second kappa shape index (κ2) is 84.7. The van der Waals surface area contributed by atoms with Crippen molar-refractivity contribution in [2.45, 2.75) is 412 Å². The van der Waals surface area contributed by atoms with Gasteiger partial charge in [-0.05, 0) is 96.3 Å². The Labute approximate surface area is 522 Å². The molecule has 0 saturated carbocycles. The summed E-state index contributed by atoms with van der Waals surface area (Å²) in [6, 6.07) is 0. The Morgan fingerprint density at radius 3 is 0.488 bits per heavy atom. The lowest BCUT2D eigenvalue weighted by Crippen LogP contribution is -2.15. The molecule has 0 rings (SSSR count). The van der Waals surface area contributed by atoms with E-state index in [4.69, 9.17) is 30.6 Å². The summed E-state index contributed by atoms with van der Waals surface area (Å²) in [5, 5.41) is 49.7. The molecule has 0 fully saturated rings. The van der Waals surface area contributed by atoms with Crippen LogP contribution in [0.4, 0.5) is 0 Å². The predicted molar refractivity (Wildman–Crippen MR) is 365 cm³/mol. The number of unbranched alkanes of at least 4 members (excludes halogenated alkanes) is 51. The predicted octanol–water partition coefficient (Wildman–Crippen LogP) is 23.7. The quantitative estimate of drug-likeness (QED) is 0.0256. The topological polar surface area (TPSA) is 173 Å². The second-order valence-corrected chi connectivity index (χ2v) is 24.6. The fourth-order valence-corrected chi connectivity index (χ4v) is 10.3. The van der Waals surface area contributed by atoms with E-state index < -0.39 is 24.0 Å². The normalized spacial score (nSPS) is 11.3. The van der Waals surface area contributed by atoms with Crippen LogP contribution in [0.1, 0.15) is 406 Å². The molecular formula is C75H146O9. The summed E-state index contributed by atoms with van der Waals surface area (Å²) in [6.07, 6.45) is 89.3. The third kappa shape index (κ3) is 98.6. The molecule has 0 aliphatic carbocycles. The monoisotopic (exact) mass is 1190 g/mol. The molecule has 0 aliphatic heterocycles. The molecule has 0 heterocycles. The fourth-order valence-electron chi connectivity index (χ4n) is 10.3. The maximum absolute atomic E-state index is 10.4. The number of carboxylic acids is 3. The van der Waals surface area contributed by atoms with E-state index in [0.717, 1.165) is 38.5 Å². The highest BCUT2D eigenvalue weighted by Crippen LogP contribution is 2.17. The van der Waals surface area contributed by atoms with Gasteiger partial charge in [0.1, 0.15) is 6.10 Å². The first kappa shape index (κ1) is 87.9. The van der Waals surface area contributed by atoms with Crippen LogP contribution in [-0.4, -0.2) is 67.9 Å². The molecule has 0 saturated heterocycles. The first-order chi connectivity index (χ1) is 41.1. The molecule has 0 radical (unpaired) electrons. The first-order valence-electron chi connectivity index (χ1n) is 36.6. The van der Waals surface area contributed by atoms with Crippen molar-refractivity contribution in [3.05, 3.63) is 36.5 Å². The lowest BCUT2D eigenvalue weighted by Gasteiger charge is -2.02. The summed E-state index contributed by atoms with van der Waals surface area (Å²) in [4.78, 5) is 31.2. The standard InChI is InChI=1S/3C24H46O2.C3H8O3/c3*1-2-3-4-5-6-7-8-9-10-11-12-13-14-15-16-17-18-19-20-21-22-23-24(25)26;4-1-3(6)2-5/h3*9-10H,2-8,11-23H2,1H3,(H,25,26);3-6H,1-2H2. The lowest BCUT2D eigenvalue weighted by molar-refractivity contribution is -0.138. The Morgan fingerprint density at radius 2 is 0.369 bits per heavy atom. The van der Waals surface area contributed by atoms with E-state index >= 15 is 0 Å². The summed E-state index contributed by atoms with van der Waals surface area (Å²) in [5.74, 6) is -1.96. The van der Waals surface area contributed by atoms with Gasteiger partial charge in [-0.25, -0.2) is 0 Å². The summed E-state index contributed by atoms with van der Waals surface area (Å²) in [7, 11) is 0. The number of aliphatic hydroxyl groups excluding tert-OH is 3. The molecule has 0 aromatic rings. The van der Waals surface area contributed by atoms with Crippen LogP contribution in [-0.2, 0) is 14.4 Å². The summed E-state index contributed by atoms with van der Waals surface area (Å²) in [5.41, 5.74) is 0. The number of carboxylic acid groups (broad SMARTS) is 3. The third-order valence-corrected chi connectivity index (χ3v) is 15.9. The highest BCUT2D eigenvalue weighted by molar-refractivity contribution is 5.67. The van der Waals surface area contributed by atoms with Crippen LogP contribution in [0.3, 0.4) is 0 Å². The zero-order valence-electron chi connectivity index (χ0n) is 56.3. The molecule has 0 spiro atoms. The van der Waals surface area contributed by atoms with Gasteiger partial charge >= 0.3 is 17.9 Å². The van der Waals surface area contributed by atoms with Crippen molar-refractivity contribution in [2.24, 2.45) is 0 Å². The van der Waals surface area contributed by atoms with Crippen molar-refractivity contribution in [1.82, 2.24) is 0 Å². The molecule has 9 nitrogen and oxygen atoms in total. The first-order valence-corrected chi connectivity index (χ1v) is 36.6. The van der Waals surface area contributed by atoms with Crippen LogP contribution < -0.4 is 0 Å². The van der Waals surface area contributed by atoms with Gasteiger partial charge in [-0.1, -0.05) is 327 Å². The van der Waals surface area contributed by atoms with Gasteiger partial charge in [0.05, 0.1) is 13.2 Å². The average molecular weight is 1190 g/mol. The van der Waals surface area contributed by atoms with Crippen LogP contribution >= 0.6 is 0 Å². The number of carbonyl (C=O) groups is 3. The van der Waals surface area contributed by atoms with E-state index in [-0.39, 0.29) is 13.2 Å². The summed E-state index contributed by atoms with van der Waals surface area (Å²) < 4.78 is 0. The largest absolute Gasteiger partial charge is 0.481 e. The van der Waals surface area contributed by atoms with E-state index in [1.807, 2.05) is 0 Å². The molecule has 9 heteroatoms. The minimum Gasteiger partial charge on any atom is -0.481 e. The molecule has 0 amide bonds. The van der Waals surface area contributed by atoms with Crippen LogP contribution in [0, 0.1) is 0 Å². The number of aliphatic carboxylic acids is 3. The molecule has 0 aliphatic rings. The molecule has 6 N–H and O–H groups in total. The Morgan fingerprint density at radius 1 is 0.238 bits per heavy atom. The van der Waals surface area contributed by atoms with Gasteiger partial charge in [-0.3, -0.25) is 14.4 Å². The molecule has 0 bridgehead atoms. The zero-order chi connectivity index (χ0) is 62.4. The molecule has 0 unspecified atom stereocenters. The minimum absolute atomic E-state index is 0.342. The smallest absolute Gasteiger partial charge is 0.303 e. The van der Waals surface area contributed by atoms with Crippen molar-refractivity contribution in [3.63, 3.8) is 0 Å². The third-order valence-electron chi connectivity index (χ3n) is 15.9. The van der Waals surface area contributed by atoms with E-state index in [2.05, 4.69) is 57.2 Å². The van der Waals surface area contributed by atoms with Gasteiger partial charge in [0.25, 0.3) is 0 Å². The minimum atomic E-state index is -0.954. The molecule has 0 aromatic heterocycles. The van der Waals surface area contributed by atoms with E-state index in [1.165, 1.54) is 327 Å². The molecule has 500 valence electrons. The van der Waals surface area contributed by atoms with Gasteiger partial charge in [-0.2, -0.15) is 0 Å². The molecule has 0 atom stereocenters. The average Bonchev–Trinajstić information content (AvgIpc) is 3.48. The number of allylic oxidation sites excluding steroid dienone is 6. The Bertz CT molecular complexity index is 1160. The Hall–Kier alpha value is -2.49. The van der Waals surface area contributed by atoms with Crippen molar-refractivity contribution in [1.29, 1.82) is 0 Å². The number of rotatable bonds is 65. The van der Waals surface area contributed by atoms with Crippen LogP contribution in [0.5, 0.6) is 0 Å². The maximum atomic E-state index is 10.4. The van der Waals surface area contributed by atoms with E-state index in [9.17, 15) is 14.4 Å². The number of hydrogen-bond acceptors (Lipinski definition) is 6. The van der Waals surface area contributed by atoms with Gasteiger partial charge in [0.15, 0.2) is 0 Å². The van der Waals surface area contributed by atoms with Gasteiger partial charge < -0.3 is 30.6 Å². The summed E-state index contributed by atoms with van der Waals surface area (Å²) in [6.45, 7) is 6.10. The Balaban J connectivity index is -0.000000543. The molecular weight excluding hydrogens is 1040 g/mol. The molecule has 0 aromatic carbocycles. The fraction of sp³-hybridized carbons (Fsp3) is 0.880. The maximum Gasteiger partial charge on any atom is 0.303 e. The summed E-state index contributed by atoms with van der Waals surface area (Å²) >= 11 is 0. The lowest BCUT2D eigenvalue weighted by atomic mass is 10.0. The van der Waals surface area contributed by atoms with E-state index in [0.29, 0.717) is 19.3 Å². The van der Waals surface area contributed by atoms with Crippen molar-refractivity contribution < 1.29 is 45.0 Å².